The first kappa shape index (κ1) is 9.83. The van der Waals surface area contributed by atoms with Crippen molar-refractivity contribution in [3.05, 3.63) is 30.1 Å². The summed E-state index contributed by atoms with van der Waals surface area (Å²) in [4.78, 5) is 11.5. The molecule has 78 valence electrons. The summed E-state index contributed by atoms with van der Waals surface area (Å²) < 4.78 is 12.9. The molecule has 1 aliphatic heterocycles. The third-order valence-corrected chi connectivity index (χ3v) is 2.29. The molecule has 0 saturated carbocycles. The van der Waals surface area contributed by atoms with Crippen LogP contribution < -0.4 is 5.01 Å². The van der Waals surface area contributed by atoms with Crippen LogP contribution in [-0.4, -0.2) is 11.6 Å². The average Bonchev–Trinajstić information content (AvgIpc) is 2.60. The molecule has 4 heteroatoms. The summed E-state index contributed by atoms with van der Waals surface area (Å²) in [6.07, 6.45) is 1.09. The zero-order chi connectivity index (χ0) is 10.8. The molecule has 1 amide bonds. The van der Waals surface area contributed by atoms with E-state index in [-0.39, 0.29) is 11.7 Å². The zero-order valence-electron chi connectivity index (χ0n) is 8.40. The molecule has 0 aromatic heterocycles. The fraction of sp³-hybridized carbons (Fsp3) is 0.273. The van der Waals surface area contributed by atoms with Crippen molar-refractivity contribution in [2.45, 2.75) is 19.8 Å². The molecular formula is C11H11FN2O. The smallest absolute Gasteiger partial charge is 0.253 e. The van der Waals surface area contributed by atoms with Gasteiger partial charge in [-0.05, 0) is 24.6 Å². The zero-order valence-corrected chi connectivity index (χ0v) is 8.40. The summed E-state index contributed by atoms with van der Waals surface area (Å²) in [7, 11) is 0. The Morgan fingerprint density at radius 1 is 1.53 bits per heavy atom. The standard InChI is InChI=1S/C11H11FN2O/c1-2-9-7-11(15)14(13-9)10-5-3-4-8(12)6-10/h3-6H,2,7H2,1H3. The third-order valence-electron chi connectivity index (χ3n) is 2.29. The van der Waals surface area contributed by atoms with E-state index in [2.05, 4.69) is 5.10 Å². The fourth-order valence-electron chi connectivity index (χ4n) is 1.49. The highest BCUT2D eigenvalue weighted by atomic mass is 19.1. The lowest BCUT2D eigenvalue weighted by Crippen LogP contribution is -2.19. The normalized spacial score (nSPS) is 15.7. The van der Waals surface area contributed by atoms with Crippen LogP contribution in [0.3, 0.4) is 0 Å². The quantitative estimate of drug-likeness (QED) is 0.730. The van der Waals surface area contributed by atoms with E-state index in [4.69, 9.17) is 0 Å². The second kappa shape index (κ2) is 3.81. The molecule has 0 bridgehead atoms. The molecule has 0 atom stereocenters. The topological polar surface area (TPSA) is 32.7 Å². The largest absolute Gasteiger partial charge is 0.272 e. The summed E-state index contributed by atoms with van der Waals surface area (Å²) in [6.45, 7) is 1.95. The highest BCUT2D eigenvalue weighted by Gasteiger charge is 2.23. The van der Waals surface area contributed by atoms with Crippen LogP contribution in [0.2, 0.25) is 0 Å². The molecule has 3 nitrogen and oxygen atoms in total. The van der Waals surface area contributed by atoms with E-state index in [1.54, 1.807) is 12.1 Å². The Bertz CT molecular complexity index is 428. The Balaban J connectivity index is 2.32. The number of rotatable bonds is 2. The van der Waals surface area contributed by atoms with E-state index in [9.17, 15) is 9.18 Å². The van der Waals surface area contributed by atoms with Crippen molar-refractivity contribution in [1.29, 1.82) is 0 Å². The maximum atomic E-state index is 12.9. The summed E-state index contributed by atoms with van der Waals surface area (Å²) in [5.74, 6) is -0.460. The number of benzene rings is 1. The molecule has 0 fully saturated rings. The molecule has 1 aliphatic rings. The number of halogens is 1. The predicted octanol–water partition coefficient (Wildman–Crippen LogP) is 2.33. The van der Waals surface area contributed by atoms with Crippen LogP contribution in [0.5, 0.6) is 0 Å². The van der Waals surface area contributed by atoms with Gasteiger partial charge in [-0.25, -0.2) is 9.40 Å². The summed E-state index contributed by atoms with van der Waals surface area (Å²) >= 11 is 0. The van der Waals surface area contributed by atoms with Crippen LogP contribution in [-0.2, 0) is 4.79 Å². The second-order valence-corrected chi connectivity index (χ2v) is 3.38. The van der Waals surface area contributed by atoms with E-state index in [0.717, 1.165) is 12.1 Å². The van der Waals surface area contributed by atoms with Crippen LogP contribution in [0.4, 0.5) is 10.1 Å². The highest BCUT2D eigenvalue weighted by molar-refractivity contribution is 6.12. The summed E-state index contributed by atoms with van der Waals surface area (Å²) in [6, 6.07) is 5.88. The molecule has 15 heavy (non-hydrogen) atoms. The molecular weight excluding hydrogens is 195 g/mol. The van der Waals surface area contributed by atoms with Gasteiger partial charge in [-0.1, -0.05) is 13.0 Å². The van der Waals surface area contributed by atoms with Crippen molar-refractivity contribution in [1.82, 2.24) is 0 Å². The number of nitrogens with zero attached hydrogens (tertiary/aromatic N) is 2. The van der Waals surface area contributed by atoms with Crippen molar-refractivity contribution in [2.24, 2.45) is 5.10 Å². The maximum absolute atomic E-state index is 12.9. The van der Waals surface area contributed by atoms with Crippen molar-refractivity contribution in [3.8, 4) is 0 Å². The van der Waals surface area contributed by atoms with Crippen LogP contribution in [0.1, 0.15) is 19.8 Å². The second-order valence-electron chi connectivity index (χ2n) is 3.38. The minimum absolute atomic E-state index is 0.0996. The number of carbonyl (C=O) groups excluding carboxylic acids is 1. The molecule has 1 aromatic rings. The lowest BCUT2D eigenvalue weighted by Gasteiger charge is -2.10. The Morgan fingerprint density at radius 2 is 2.33 bits per heavy atom. The molecule has 1 aromatic carbocycles. The van der Waals surface area contributed by atoms with Gasteiger partial charge in [0, 0.05) is 5.71 Å². The van der Waals surface area contributed by atoms with Gasteiger partial charge in [0.25, 0.3) is 5.91 Å². The van der Waals surface area contributed by atoms with Crippen LogP contribution in [0.25, 0.3) is 0 Å². The van der Waals surface area contributed by atoms with E-state index >= 15 is 0 Å². The fourth-order valence-corrected chi connectivity index (χ4v) is 1.49. The third kappa shape index (κ3) is 1.88. The Morgan fingerprint density at radius 3 is 2.93 bits per heavy atom. The SMILES string of the molecule is CCC1=NN(c2cccc(F)c2)C(=O)C1. The Hall–Kier alpha value is -1.71. The van der Waals surface area contributed by atoms with Gasteiger partial charge >= 0.3 is 0 Å². The van der Waals surface area contributed by atoms with Crippen LogP contribution in [0.15, 0.2) is 29.4 Å². The molecule has 0 N–H and O–H groups in total. The Labute approximate surface area is 87.2 Å². The first-order chi connectivity index (χ1) is 7.20. The monoisotopic (exact) mass is 206 g/mol. The van der Waals surface area contributed by atoms with E-state index in [1.165, 1.54) is 17.1 Å². The van der Waals surface area contributed by atoms with E-state index in [1.807, 2.05) is 6.92 Å². The van der Waals surface area contributed by atoms with Crippen molar-refractivity contribution >= 4 is 17.3 Å². The Kier molecular flexibility index (Phi) is 2.49. The van der Waals surface area contributed by atoms with Gasteiger partial charge in [0.1, 0.15) is 5.82 Å². The van der Waals surface area contributed by atoms with Crippen molar-refractivity contribution in [2.75, 3.05) is 5.01 Å². The molecule has 0 spiro atoms. The maximum Gasteiger partial charge on any atom is 0.253 e. The van der Waals surface area contributed by atoms with Gasteiger partial charge in [0.2, 0.25) is 0 Å². The van der Waals surface area contributed by atoms with Gasteiger partial charge in [-0.3, -0.25) is 4.79 Å². The number of hydrogen-bond acceptors (Lipinski definition) is 2. The number of hydrazone groups is 1. The molecule has 0 aliphatic carbocycles. The van der Waals surface area contributed by atoms with Gasteiger partial charge in [0.05, 0.1) is 12.1 Å². The van der Waals surface area contributed by atoms with Crippen LogP contribution >= 0.6 is 0 Å². The lowest BCUT2D eigenvalue weighted by molar-refractivity contribution is -0.116. The molecule has 2 rings (SSSR count). The minimum Gasteiger partial charge on any atom is -0.272 e. The predicted molar refractivity (Wildman–Crippen MR) is 56.2 cm³/mol. The molecule has 0 saturated heterocycles. The molecule has 0 unspecified atom stereocenters. The number of hydrogen-bond donors (Lipinski definition) is 0. The van der Waals surface area contributed by atoms with E-state index < -0.39 is 0 Å². The summed E-state index contributed by atoms with van der Waals surface area (Å²) in [5.41, 5.74) is 1.33. The minimum atomic E-state index is -0.361. The van der Waals surface area contributed by atoms with Crippen molar-refractivity contribution < 1.29 is 9.18 Å². The average molecular weight is 206 g/mol. The van der Waals surface area contributed by atoms with E-state index in [0.29, 0.717) is 12.1 Å². The number of carbonyl (C=O) groups is 1. The van der Waals surface area contributed by atoms with Crippen molar-refractivity contribution in [3.63, 3.8) is 0 Å². The molecule has 1 heterocycles. The summed E-state index contributed by atoms with van der Waals surface area (Å²) in [5, 5.41) is 5.40. The lowest BCUT2D eigenvalue weighted by atomic mass is 10.2. The number of anilines is 1. The van der Waals surface area contributed by atoms with Gasteiger partial charge < -0.3 is 0 Å². The first-order valence-electron chi connectivity index (χ1n) is 4.85. The number of amides is 1. The van der Waals surface area contributed by atoms with Gasteiger partial charge in [0.15, 0.2) is 0 Å². The highest BCUT2D eigenvalue weighted by Crippen LogP contribution is 2.21. The van der Waals surface area contributed by atoms with Crippen LogP contribution in [0, 0.1) is 5.82 Å². The first-order valence-corrected chi connectivity index (χ1v) is 4.85. The molecule has 0 radical (unpaired) electrons. The van der Waals surface area contributed by atoms with Gasteiger partial charge in [-0.15, -0.1) is 0 Å². The van der Waals surface area contributed by atoms with Gasteiger partial charge in [-0.2, -0.15) is 5.10 Å².